The van der Waals surface area contributed by atoms with Gasteiger partial charge in [-0.15, -0.1) is 11.3 Å². The van der Waals surface area contributed by atoms with E-state index in [4.69, 9.17) is 14.7 Å². The van der Waals surface area contributed by atoms with E-state index < -0.39 is 0 Å². The van der Waals surface area contributed by atoms with Crippen molar-refractivity contribution in [3.05, 3.63) is 46.1 Å². The van der Waals surface area contributed by atoms with Gasteiger partial charge in [0, 0.05) is 37.5 Å². The summed E-state index contributed by atoms with van der Waals surface area (Å²) in [5.74, 6) is 3.48. The van der Waals surface area contributed by atoms with Crippen molar-refractivity contribution in [1.82, 2.24) is 14.9 Å². The van der Waals surface area contributed by atoms with Crippen molar-refractivity contribution in [2.75, 3.05) is 37.7 Å². The van der Waals surface area contributed by atoms with Crippen LogP contribution in [0, 0.1) is 18.3 Å². The van der Waals surface area contributed by atoms with Crippen molar-refractivity contribution < 1.29 is 9.53 Å². The number of amides is 1. The third kappa shape index (κ3) is 5.08. The zero-order chi connectivity index (χ0) is 25.4. The van der Waals surface area contributed by atoms with Crippen LogP contribution in [-0.2, 0) is 24.1 Å². The fourth-order valence-corrected chi connectivity index (χ4v) is 6.75. The molecule has 0 bridgehead atoms. The van der Waals surface area contributed by atoms with Crippen molar-refractivity contribution in [2.45, 2.75) is 60.3 Å². The van der Waals surface area contributed by atoms with Crippen LogP contribution < -0.4 is 9.64 Å². The summed E-state index contributed by atoms with van der Waals surface area (Å²) in [6, 6.07) is 7.83. The van der Waals surface area contributed by atoms with Crippen LogP contribution in [0.1, 0.15) is 55.9 Å². The number of rotatable bonds is 5. The number of hydrogen-bond donors (Lipinski definition) is 0. The first-order valence-electron chi connectivity index (χ1n) is 13.3. The molecule has 1 aliphatic heterocycles. The van der Waals surface area contributed by atoms with Gasteiger partial charge in [-0.25, -0.2) is 9.97 Å². The molecule has 2 aromatic heterocycles. The lowest BCUT2D eigenvalue weighted by atomic mass is 9.72. The minimum atomic E-state index is 0.0411. The van der Waals surface area contributed by atoms with Gasteiger partial charge in [-0.05, 0) is 60.8 Å². The zero-order valence-electron chi connectivity index (χ0n) is 22.3. The summed E-state index contributed by atoms with van der Waals surface area (Å²) in [6.45, 7) is 14.2. The van der Waals surface area contributed by atoms with Crippen molar-refractivity contribution in [3.63, 3.8) is 0 Å². The smallest absolute Gasteiger partial charge is 0.260 e. The quantitative estimate of drug-likeness (QED) is 0.461. The lowest BCUT2D eigenvalue weighted by Crippen LogP contribution is -2.50. The highest BCUT2D eigenvalue weighted by molar-refractivity contribution is 7.19. The van der Waals surface area contributed by atoms with Crippen molar-refractivity contribution in [3.8, 4) is 5.75 Å². The van der Waals surface area contributed by atoms with Gasteiger partial charge in [0.2, 0.25) is 0 Å². The van der Waals surface area contributed by atoms with E-state index in [1.54, 1.807) is 0 Å². The van der Waals surface area contributed by atoms with E-state index in [-0.39, 0.29) is 12.5 Å². The average molecular weight is 507 g/mol. The lowest BCUT2D eigenvalue weighted by Gasteiger charge is -2.36. The Kier molecular flexibility index (Phi) is 6.95. The van der Waals surface area contributed by atoms with E-state index >= 15 is 0 Å². The number of thiophene rings is 1. The second-order valence-electron chi connectivity index (χ2n) is 11.3. The number of ether oxygens (including phenoxy) is 1. The molecule has 1 fully saturated rings. The molecule has 0 spiro atoms. The minimum absolute atomic E-state index is 0.0411. The Hall–Kier alpha value is -2.67. The number of carbonyl (C=O) groups is 1. The Bertz CT molecular complexity index is 1250. The maximum atomic E-state index is 12.8. The van der Waals surface area contributed by atoms with Crippen LogP contribution in [0.4, 0.5) is 5.82 Å². The number of aromatic nitrogens is 2. The van der Waals surface area contributed by atoms with Gasteiger partial charge in [-0.3, -0.25) is 4.79 Å². The van der Waals surface area contributed by atoms with Crippen LogP contribution in [0.3, 0.4) is 0 Å². The van der Waals surface area contributed by atoms with Crippen LogP contribution in [0.2, 0.25) is 0 Å². The van der Waals surface area contributed by atoms with Crippen molar-refractivity contribution in [1.29, 1.82) is 0 Å². The average Bonchev–Trinajstić information content (AvgIpc) is 3.24. The number of anilines is 1. The van der Waals surface area contributed by atoms with Gasteiger partial charge in [-0.1, -0.05) is 39.8 Å². The summed E-state index contributed by atoms with van der Waals surface area (Å²) < 4.78 is 5.76. The summed E-state index contributed by atoms with van der Waals surface area (Å²) in [4.78, 5) is 29.7. The van der Waals surface area contributed by atoms with Gasteiger partial charge >= 0.3 is 0 Å². The van der Waals surface area contributed by atoms with E-state index in [0.29, 0.717) is 24.4 Å². The summed E-state index contributed by atoms with van der Waals surface area (Å²) in [5.41, 5.74) is 2.92. The van der Waals surface area contributed by atoms with Crippen molar-refractivity contribution in [2.24, 2.45) is 11.3 Å². The third-order valence-corrected chi connectivity index (χ3v) is 8.91. The van der Waals surface area contributed by atoms with Crippen LogP contribution in [0.5, 0.6) is 5.75 Å². The minimum Gasteiger partial charge on any atom is -0.484 e. The molecule has 36 heavy (non-hydrogen) atoms. The molecule has 2 aliphatic rings. The molecule has 5 rings (SSSR count). The number of benzene rings is 1. The van der Waals surface area contributed by atoms with Crippen LogP contribution >= 0.6 is 11.3 Å². The van der Waals surface area contributed by atoms with Crippen LogP contribution in [-0.4, -0.2) is 53.6 Å². The normalized spacial score (nSPS) is 18.4. The predicted octanol–water partition coefficient (Wildman–Crippen LogP) is 5.44. The van der Waals surface area contributed by atoms with E-state index in [0.717, 1.165) is 60.1 Å². The third-order valence-electron chi connectivity index (χ3n) is 7.76. The maximum absolute atomic E-state index is 12.8. The molecular formula is C29H38N4O2S. The fourth-order valence-electron chi connectivity index (χ4n) is 5.44. The Morgan fingerprint density at radius 1 is 1.17 bits per heavy atom. The highest BCUT2D eigenvalue weighted by Crippen LogP contribution is 2.45. The van der Waals surface area contributed by atoms with E-state index in [1.807, 2.05) is 47.4 Å². The van der Waals surface area contributed by atoms with Gasteiger partial charge in [0.25, 0.3) is 5.91 Å². The Labute approximate surface area is 218 Å². The molecule has 0 radical (unpaired) electrons. The second-order valence-corrected chi connectivity index (χ2v) is 12.4. The number of fused-ring (bicyclic) bond motifs is 3. The van der Waals surface area contributed by atoms with Crippen molar-refractivity contribution >= 4 is 33.3 Å². The zero-order valence-corrected chi connectivity index (χ0v) is 23.1. The Morgan fingerprint density at radius 2 is 1.94 bits per heavy atom. The predicted molar refractivity (Wildman–Crippen MR) is 147 cm³/mol. The first kappa shape index (κ1) is 25.0. The molecular weight excluding hydrogens is 468 g/mol. The largest absolute Gasteiger partial charge is 0.484 e. The molecule has 1 aliphatic carbocycles. The maximum Gasteiger partial charge on any atom is 0.260 e. The Balaban J connectivity index is 1.31. The van der Waals surface area contributed by atoms with Gasteiger partial charge in [0.15, 0.2) is 6.61 Å². The van der Waals surface area contributed by atoms with E-state index in [1.165, 1.54) is 22.2 Å². The van der Waals surface area contributed by atoms with Gasteiger partial charge in [-0.2, -0.15) is 0 Å². The summed E-state index contributed by atoms with van der Waals surface area (Å²) in [6.07, 6.45) is 4.29. The van der Waals surface area contributed by atoms with E-state index in [2.05, 4.69) is 32.6 Å². The number of nitrogens with zero attached hydrogens (tertiary/aromatic N) is 4. The standard InChI is InChI=1S/C29H38N4O2S/c1-6-24-30-27(26-22-11-10-20(29(3,4)5)17-23(22)36-28(26)31-24)33-14-12-32(13-15-33)25(34)18-35-21-9-7-8-19(2)16-21/h7-9,16,20H,6,10-15,17-18H2,1-5H3. The van der Waals surface area contributed by atoms with E-state index in [9.17, 15) is 4.79 Å². The molecule has 0 N–H and O–H groups in total. The first-order chi connectivity index (χ1) is 17.2. The number of hydrogen-bond acceptors (Lipinski definition) is 6. The van der Waals surface area contributed by atoms with Gasteiger partial charge in [0.05, 0.1) is 5.39 Å². The SMILES string of the molecule is CCc1nc(N2CCN(C(=O)COc3cccc(C)c3)CC2)c2c3c(sc2n1)CC(C(C)(C)C)CC3. The topological polar surface area (TPSA) is 58.6 Å². The molecule has 1 unspecified atom stereocenters. The number of carbonyl (C=O) groups excluding carboxylic acids is 1. The summed E-state index contributed by atoms with van der Waals surface area (Å²) >= 11 is 1.88. The molecule has 1 saturated heterocycles. The molecule has 3 aromatic rings. The molecule has 3 heterocycles. The highest BCUT2D eigenvalue weighted by Gasteiger charge is 2.33. The highest BCUT2D eigenvalue weighted by atomic mass is 32.1. The molecule has 0 saturated carbocycles. The van der Waals surface area contributed by atoms with Crippen LogP contribution in [0.25, 0.3) is 10.2 Å². The first-order valence-corrected chi connectivity index (χ1v) is 14.1. The molecule has 6 nitrogen and oxygen atoms in total. The number of piperazine rings is 1. The summed E-state index contributed by atoms with van der Waals surface area (Å²) in [7, 11) is 0. The molecule has 1 aromatic carbocycles. The van der Waals surface area contributed by atoms with Crippen LogP contribution in [0.15, 0.2) is 24.3 Å². The monoisotopic (exact) mass is 506 g/mol. The summed E-state index contributed by atoms with van der Waals surface area (Å²) in [5, 5.41) is 1.27. The fraction of sp³-hybridized carbons (Fsp3) is 0.552. The van der Waals surface area contributed by atoms with Gasteiger partial charge in [0.1, 0.15) is 22.2 Å². The van der Waals surface area contributed by atoms with Gasteiger partial charge < -0.3 is 14.5 Å². The molecule has 192 valence electrons. The molecule has 7 heteroatoms. The number of aryl methyl sites for hydroxylation is 3. The molecule has 1 atom stereocenters. The lowest BCUT2D eigenvalue weighted by molar-refractivity contribution is -0.133. The molecule has 1 amide bonds. The Morgan fingerprint density at radius 3 is 2.64 bits per heavy atom. The second kappa shape index (κ2) is 10.0.